The van der Waals surface area contributed by atoms with E-state index < -0.39 is 6.10 Å². The SMILES string of the molecule is CCCCCCCC/C=C\CCCCCCCCCC(=O)O[C@H](COC(=O)CCCCCCC/C=C\CCCCCCCC)COC(=O)CCCCCCCCCCCCCCCCCCCCC. The summed E-state index contributed by atoms with van der Waals surface area (Å²) in [7, 11) is 0. The maximum absolute atomic E-state index is 12.9. The van der Waals surface area contributed by atoms with E-state index >= 15 is 0 Å². The number of carbonyl (C=O) groups excluding carboxylic acids is 3. The van der Waals surface area contributed by atoms with E-state index in [0.717, 1.165) is 64.2 Å². The molecule has 0 bridgehead atoms. The summed E-state index contributed by atoms with van der Waals surface area (Å²) in [6.45, 7) is 6.68. The van der Waals surface area contributed by atoms with Crippen LogP contribution in [0.4, 0.5) is 0 Å². The normalized spacial score (nSPS) is 12.1. The van der Waals surface area contributed by atoms with Gasteiger partial charge in [0.1, 0.15) is 13.2 Å². The standard InChI is InChI=1S/C63H118O6/c1-4-7-10-13-16-19-22-25-28-30-31-33-35-38-41-44-47-50-53-56-62(65)68-59-60(58-67-61(64)55-52-49-46-43-40-37-34-27-24-21-18-15-12-9-6-3)69-63(66)57-54-51-48-45-42-39-36-32-29-26-23-20-17-14-11-8-5-2/h26-27,29,34,60H,4-25,28,30-33,35-59H2,1-3H3/b29-26-,34-27-/t60-/m1/s1. The van der Waals surface area contributed by atoms with Gasteiger partial charge in [0.05, 0.1) is 0 Å². The predicted octanol–water partition coefficient (Wildman–Crippen LogP) is 20.7. The first kappa shape index (κ1) is 66.9. The molecular formula is C63H118O6. The lowest BCUT2D eigenvalue weighted by Gasteiger charge is -2.18. The average Bonchev–Trinajstić information content (AvgIpc) is 3.35. The number of ether oxygens (including phenoxy) is 3. The summed E-state index contributed by atoms with van der Waals surface area (Å²) in [6.07, 6.45) is 68.9. The average molecular weight is 972 g/mol. The first-order valence-electron chi connectivity index (χ1n) is 30.8. The highest BCUT2D eigenvalue weighted by Gasteiger charge is 2.19. The summed E-state index contributed by atoms with van der Waals surface area (Å²) in [5.41, 5.74) is 0. The second kappa shape index (κ2) is 58.5. The van der Waals surface area contributed by atoms with Crippen LogP contribution < -0.4 is 0 Å². The summed E-state index contributed by atoms with van der Waals surface area (Å²) in [5, 5.41) is 0. The van der Waals surface area contributed by atoms with Crippen LogP contribution in [0.5, 0.6) is 0 Å². The van der Waals surface area contributed by atoms with E-state index in [9.17, 15) is 14.4 Å². The molecule has 69 heavy (non-hydrogen) atoms. The van der Waals surface area contributed by atoms with Gasteiger partial charge in [0.15, 0.2) is 6.10 Å². The van der Waals surface area contributed by atoms with E-state index in [2.05, 4.69) is 45.1 Å². The quantitative estimate of drug-likeness (QED) is 0.0261. The predicted molar refractivity (Wildman–Crippen MR) is 298 cm³/mol. The molecule has 0 N–H and O–H groups in total. The maximum atomic E-state index is 12.9. The van der Waals surface area contributed by atoms with Crippen molar-refractivity contribution in [2.75, 3.05) is 13.2 Å². The van der Waals surface area contributed by atoms with Gasteiger partial charge in [-0.1, -0.05) is 276 Å². The minimum Gasteiger partial charge on any atom is -0.462 e. The number of unbranched alkanes of at least 4 members (excludes halogenated alkanes) is 42. The first-order chi connectivity index (χ1) is 34.0. The highest BCUT2D eigenvalue weighted by atomic mass is 16.6. The molecule has 0 aromatic rings. The molecule has 0 spiro atoms. The Morgan fingerprint density at radius 1 is 0.275 bits per heavy atom. The second-order valence-corrected chi connectivity index (χ2v) is 21.0. The Hall–Kier alpha value is -2.11. The number of hydrogen-bond donors (Lipinski definition) is 0. The Morgan fingerprint density at radius 3 is 0.725 bits per heavy atom. The third-order valence-electron chi connectivity index (χ3n) is 13.9. The molecule has 0 aromatic heterocycles. The molecule has 0 saturated heterocycles. The van der Waals surface area contributed by atoms with E-state index in [1.54, 1.807) is 0 Å². The molecule has 6 nitrogen and oxygen atoms in total. The molecule has 0 aromatic carbocycles. The zero-order valence-corrected chi connectivity index (χ0v) is 46.6. The third kappa shape index (κ3) is 56.7. The summed E-state index contributed by atoms with van der Waals surface area (Å²) in [4.78, 5) is 38.2. The molecule has 1 atom stereocenters. The van der Waals surface area contributed by atoms with Gasteiger partial charge in [-0.05, 0) is 70.6 Å². The number of hydrogen-bond acceptors (Lipinski definition) is 6. The molecule has 0 radical (unpaired) electrons. The molecule has 0 unspecified atom stereocenters. The van der Waals surface area contributed by atoms with Crippen LogP contribution in [0, 0.1) is 0 Å². The van der Waals surface area contributed by atoms with Crippen LogP contribution in [0.3, 0.4) is 0 Å². The summed E-state index contributed by atoms with van der Waals surface area (Å²) in [5.74, 6) is -0.860. The molecule has 0 saturated carbocycles. The van der Waals surface area contributed by atoms with Crippen molar-refractivity contribution in [1.29, 1.82) is 0 Å². The molecule has 0 rings (SSSR count). The van der Waals surface area contributed by atoms with Crippen molar-refractivity contribution >= 4 is 17.9 Å². The van der Waals surface area contributed by atoms with Gasteiger partial charge in [-0.25, -0.2) is 0 Å². The van der Waals surface area contributed by atoms with E-state index in [0.29, 0.717) is 19.3 Å². The van der Waals surface area contributed by atoms with E-state index in [4.69, 9.17) is 14.2 Å². The molecule has 0 fully saturated rings. The smallest absolute Gasteiger partial charge is 0.306 e. The summed E-state index contributed by atoms with van der Waals surface area (Å²) in [6, 6.07) is 0. The van der Waals surface area contributed by atoms with Crippen molar-refractivity contribution in [3.63, 3.8) is 0 Å². The van der Waals surface area contributed by atoms with Gasteiger partial charge in [0.2, 0.25) is 0 Å². The monoisotopic (exact) mass is 971 g/mol. The third-order valence-corrected chi connectivity index (χ3v) is 13.9. The number of esters is 3. The largest absolute Gasteiger partial charge is 0.462 e. The Balaban J connectivity index is 4.32. The summed E-state index contributed by atoms with van der Waals surface area (Å²) < 4.78 is 16.9. The molecule has 0 aliphatic carbocycles. The fraction of sp³-hybridized carbons (Fsp3) is 0.889. The Bertz CT molecular complexity index is 1110. The molecule has 0 aliphatic heterocycles. The van der Waals surface area contributed by atoms with E-state index in [-0.39, 0.29) is 31.1 Å². The van der Waals surface area contributed by atoms with Gasteiger partial charge < -0.3 is 14.2 Å². The maximum Gasteiger partial charge on any atom is 0.306 e. The van der Waals surface area contributed by atoms with Crippen LogP contribution >= 0.6 is 0 Å². The first-order valence-corrected chi connectivity index (χ1v) is 30.8. The van der Waals surface area contributed by atoms with Crippen molar-refractivity contribution in [3.8, 4) is 0 Å². The van der Waals surface area contributed by atoms with Crippen LogP contribution in [0.15, 0.2) is 24.3 Å². The topological polar surface area (TPSA) is 78.9 Å². The van der Waals surface area contributed by atoms with Gasteiger partial charge >= 0.3 is 17.9 Å². The Kier molecular flexibility index (Phi) is 56.7. The van der Waals surface area contributed by atoms with Gasteiger partial charge in [-0.15, -0.1) is 0 Å². The molecule has 406 valence electrons. The molecule has 0 aliphatic rings. The highest BCUT2D eigenvalue weighted by Crippen LogP contribution is 2.17. The summed E-state index contributed by atoms with van der Waals surface area (Å²) >= 11 is 0. The lowest BCUT2D eigenvalue weighted by Crippen LogP contribution is -2.30. The number of allylic oxidation sites excluding steroid dienone is 4. The van der Waals surface area contributed by atoms with Gasteiger partial charge in [-0.3, -0.25) is 14.4 Å². The second-order valence-electron chi connectivity index (χ2n) is 21.0. The van der Waals surface area contributed by atoms with E-state index in [1.807, 2.05) is 0 Å². The Morgan fingerprint density at radius 2 is 0.478 bits per heavy atom. The molecule has 0 heterocycles. The van der Waals surface area contributed by atoms with Crippen LogP contribution in [0.2, 0.25) is 0 Å². The highest BCUT2D eigenvalue weighted by molar-refractivity contribution is 5.71. The zero-order chi connectivity index (χ0) is 50.0. The van der Waals surface area contributed by atoms with Crippen molar-refractivity contribution in [3.05, 3.63) is 24.3 Å². The van der Waals surface area contributed by atoms with Crippen LogP contribution in [0.1, 0.15) is 342 Å². The van der Waals surface area contributed by atoms with Gasteiger partial charge in [-0.2, -0.15) is 0 Å². The van der Waals surface area contributed by atoms with Gasteiger partial charge in [0, 0.05) is 19.3 Å². The molecular weight excluding hydrogens is 853 g/mol. The molecule has 0 amide bonds. The van der Waals surface area contributed by atoms with Crippen LogP contribution in [-0.4, -0.2) is 37.2 Å². The van der Waals surface area contributed by atoms with E-state index in [1.165, 1.54) is 238 Å². The number of rotatable bonds is 57. The lowest BCUT2D eigenvalue weighted by atomic mass is 10.0. The van der Waals surface area contributed by atoms with Crippen molar-refractivity contribution in [2.45, 2.75) is 348 Å². The zero-order valence-electron chi connectivity index (χ0n) is 46.6. The lowest BCUT2D eigenvalue weighted by molar-refractivity contribution is -0.167. The molecule has 6 heteroatoms. The van der Waals surface area contributed by atoms with Gasteiger partial charge in [0.25, 0.3) is 0 Å². The Labute approximate surface area is 430 Å². The fourth-order valence-electron chi connectivity index (χ4n) is 9.26. The number of carbonyl (C=O) groups is 3. The minimum atomic E-state index is -0.774. The van der Waals surface area contributed by atoms with Crippen LogP contribution in [0.25, 0.3) is 0 Å². The van der Waals surface area contributed by atoms with Crippen molar-refractivity contribution in [1.82, 2.24) is 0 Å². The minimum absolute atomic E-state index is 0.0708. The van der Waals surface area contributed by atoms with Crippen LogP contribution in [-0.2, 0) is 28.6 Å². The van der Waals surface area contributed by atoms with Crippen molar-refractivity contribution < 1.29 is 28.6 Å². The fourth-order valence-corrected chi connectivity index (χ4v) is 9.26. The van der Waals surface area contributed by atoms with Crippen molar-refractivity contribution in [2.24, 2.45) is 0 Å².